The molecule has 3 fully saturated rings. The molecule has 10 nitrogen and oxygen atoms in total. The lowest BCUT2D eigenvalue weighted by molar-refractivity contribution is -0.186. The third-order valence-corrected chi connectivity index (χ3v) is 7.85. The number of nitrogens with one attached hydrogen (secondary N) is 1. The second-order valence-corrected chi connectivity index (χ2v) is 10.4. The smallest absolute Gasteiger partial charge is 0.324 e. The van der Waals surface area contributed by atoms with Gasteiger partial charge in [0.2, 0.25) is 5.95 Å². The van der Waals surface area contributed by atoms with Gasteiger partial charge in [-0.05, 0) is 43.1 Å². The Balaban J connectivity index is 0.989. The zero-order valence-electron chi connectivity index (χ0n) is 22.0. The van der Waals surface area contributed by atoms with E-state index in [0.717, 1.165) is 74.7 Å². The highest BCUT2D eigenvalue weighted by Crippen LogP contribution is 2.30. The third kappa shape index (κ3) is 5.67. The number of hydrogen-bond acceptors (Lipinski definition) is 7. The zero-order chi connectivity index (χ0) is 26.6. The van der Waals surface area contributed by atoms with Gasteiger partial charge in [0.1, 0.15) is 0 Å². The van der Waals surface area contributed by atoms with Crippen LogP contribution in [-0.2, 0) is 9.57 Å². The maximum atomic E-state index is 13.3. The van der Waals surface area contributed by atoms with E-state index >= 15 is 0 Å². The summed E-state index contributed by atoms with van der Waals surface area (Å²) in [7, 11) is 0. The number of carbonyl (C=O) groups is 2. The summed E-state index contributed by atoms with van der Waals surface area (Å²) in [5.74, 6) is 0.657. The minimum atomic E-state index is -0.402. The Morgan fingerprint density at radius 3 is 2.56 bits per heavy atom. The fourth-order valence-electron chi connectivity index (χ4n) is 5.63. The molecule has 204 valence electrons. The van der Waals surface area contributed by atoms with Gasteiger partial charge < -0.3 is 14.5 Å². The van der Waals surface area contributed by atoms with Gasteiger partial charge in [0.25, 0.3) is 5.91 Å². The molecule has 3 amide bonds. The van der Waals surface area contributed by atoms with Crippen LogP contribution in [-0.4, -0.2) is 72.4 Å². The SMILES string of the molecule is O=C(NOC1CCCCO1)c1cnc(N2CCC(CN3CCN(c4cccc5ccccc45)C3=O)CC2)nc1. The molecule has 0 aliphatic carbocycles. The number of aromatic nitrogens is 2. The molecule has 2 aromatic carbocycles. The Morgan fingerprint density at radius 2 is 1.77 bits per heavy atom. The molecule has 1 unspecified atom stereocenters. The third-order valence-electron chi connectivity index (χ3n) is 7.85. The molecule has 0 radical (unpaired) electrons. The van der Waals surface area contributed by atoms with E-state index in [1.165, 1.54) is 12.4 Å². The summed E-state index contributed by atoms with van der Waals surface area (Å²) in [5, 5.41) is 2.25. The lowest BCUT2D eigenvalue weighted by Gasteiger charge is -2.33. The molecule has 1 N–H and O–H groups in total. The summed E-state index contributed by atoms with van der Waals surface area (Å²) >= 11 is 0. The fraction of sp³-hybridized carbons (Fsp3) is 0.448. The van der Waals surface area contributed by atoms with Gasteiger partial charge in [-0.2, -0.15) is 0 Å². The van der Waals surface area contributed by atoms with Crippen LogP contribution < -0.4 is 15.3 Å². The van der Waals surface area contributed by atoms with Gasteiger partial charge in [-0.15, -0.1) is 0 Å². The van der Waals surface area contributed by atoms with Crippen LogP contribution in [0.15, 0.2) is 54.9 Å². The van der Waals surface area contributed by atoms with Crippen LogP contribution in [0.4, 0.5) is 16.4 Å². The van der Waals surface area contributed by atoms with Crippen molar-refractivity contribution in [2.45, 2.75) is 38.4 Å². The van der Waals surface area contributed by atoms with E-state index in [2.05, 4.69) is 38.5 Å². The molecule has 3 aliphatic heterocycles. The van der Waals surface area contributed by atoms with E-state index in [4.69, 9.17) is 9.57 Å². The molecule has 0 bridgehead atoms. The van der Waals surface area contributed by atoms with Crippen LogP contribution in [0.1, 0.15) is 42.5 Å². The van der Waals surface area contributed by atoms with Crippen LogP contribution in [0, 0.1) is 5.92 Å². The van der Waals surface area contributed by atoms with E-state index < -0.39 is 6.29 Å². The first-order chi connectivity index (χ1) is 19.2. The van der Waals surface area contributed by atoms with E-state index in [9.17, 15) is 9.59 Å². The standard InChI is InChI=1S/C29H34N6O4/c36-27(32-39-26-10-3-4-17-38-26)23-18-30-28(31-19-23)33-13-11-21(12-14-33)20-34-15-16-35(29(34)37)25-9-5-7-22-6-1-2-8-24(22)25/h1-2,5-9,18-19,21,26H,3-4,10-17,20H2,(H,32,36). The highest BCUT2D eigenvalue weighted by molar-refractivity contribution is 6.04. The average molecular weight is 531 g/mol. The second-order valence-electron chi connectivity index (χ2n) is 10.4. The first-order valence-corrected chi connectivity index (χ1v) is 13.8. The largest absolute Gasteiger partial charge is 0.350 e. The van der Waals surface area contributed by atoms with Gasteiger partial charge in [0, 0.05) is 63.5 Å². The molecule has 0 saturated carbocycles. The Labute approximate surface area is 227 Å². The monoisotopic (exact) mass is 530 g/mol. The van der Waals surface area contributed by atoms with Crippen LogP contribution in [0.25, 0.3) is 10.8 Å². The Kier molecular flexibility index (Phi) is 7.55. The van der Waals surface area contributed by atoms with Gasteiger partial charge in [-0.3, -0.25) is 9.69 Å². The normalized spacial score (nSPS) is 20.6. The minimum Gasteiger partial charge on any atom is -0.350 e. The number of urea groups is 1. The van der Waals surface area contributed by atoms with Crippen molar-refractivity contribution in [3.05, 3.63) is 60.4 Å². The molecule has 1 atom stereocenters. The number of rotatable bonds is 7. The van der Waals surface area contributed by atoms with E-state index in [0.29, 0.717) is 30.6 Å². The van der Waals surface area contributed by atoms with Crippen molar-refractivity contribution in [1.82, 2.24) is 20.3 Å². The van der Waals surface area contributed by atoms with Gasteiger partial charge in [0.05, 0.1) is 11.3 Å². The number of ether oxygens (including phenoxy) is 1. The maximum Gasteiger partial charge on any atom is 0.324 e. The average Bonchev–Trinajstić information content (AvgIpc) is 3.35. The quantitative estimate of drug-likeness (QED) is 0.461. The van der Waals surface area contributed by atoms with Gasteiger partial charge in [-0.25, -0.2) is 25.1 Å². The number of anilines is 2. The number of carbonyl (C=O) groups excluding carboxylic acids is 2. The molecule has 3 saturated heterocycles. The molecular weight excluding hydrogens is 496 g/mol. The summed E-state index contributed by atoms with van der Waals surface area (Å²) in [6.45, 7) is 4.48. The van der Waals surface area contributed by atoms with Crippen molar-refractivity contribution >= 4 is 34.3 Å². The molecule has 10 heteroatoms. The molecule has 1 aromatic heterocycles. The van der Waals surface area contributed by atoms with Crippen molar-refractivity contribution in [1.29, 1.82) is 0 Å². The minimum absolute atomic E-state index is 0.0880. The van der Waals surface area contributed by atoms with Crippen LogP contribution >= 0.6 is 0 Å². The number of nitrogens with zero attached hydrogens (tertiary/aromatic N) is 5. The summed E-state index contributed by atoms with van der Waals surface area (Å²) in [5.41, 5.74) is 3.77. The van der Waals surface area contributed by atoms with Gasteiger partial charge >= 0.3 is 6.03 Å². The number of piperidine rings is 1. The summed E-state index contributed by atoms with van der Waals surface area (Å²) in [4.78, 5) is 45.9. The Morgan fingerprint density at radius 1 is 0.974 bits per heavy atom. The number of fused-ring (bicyclic) bond motifs is 1. The molecule has 0 spiro atoms. The predicted octanol–water partition coefficient (Wildman–Crippen LogP) is 3.98. The molecule has 6 rings (SSSR count). The van der Waals surface area contributed by atoms with Crippen molar-refractivity contribution in [2.75, 3.05) is 49.1 Å². The van der Waals surface area contributed by atoms with Crippen LogP contribution in [0.3, 0.4) is 0 Å². The molecule has 3 aromatic rings. The molecule has 4 heterocycles. The van der Waals surface area contributed by atoms with Crippen LogP contribution in [0.5, 0.6) is 0 Å². The van der Waals surface area contributed by atoms with Crippen molar-refractivity contribution < 1.29 is 19.2 Å². The Bertz CT molecular complexity index is 1300. The number of benzene rings is 2. The van der Waals surface area contributed by atoms with E-state index in [1.807, 2.05) is 34.1 Å². The van der Waals surface area contributed by atoms with E-state index in [-0.39, 0.29) is 11.9 Å². The second kappa shape index (κ2) is 11.5. The first-order valence-electron chi connectivity index (χ1n) is 13.8. The molecular formula is C29H34N6O4. The summed E-state index contributed by atoms with van der Waals surface area (Å²) in [6, 6.07) is 14.4. The van der Waals surface area contributed by atoms with E-state index in [1.54, 1.807) is 0 Å². The summed E-state index contributed by atoms with van der Waals surface area (Å²) < 4.78 is 5.46. The molecule has 39 heavy (non-hydrogen) atoms. The molecule has 3 aliphatic rings. The lowest BCUT2D eigenvalue weighted by Crippen LogP contribution is -2.41. The first kappa shape index (κ1) is 25.5. The highest BCUT2D eigenvalue weighted by Gasteiger charge is 2.33. The summed E-state index contributed by atoms with van der Waals surface area (Å²) in [6.07, 6.45) is 7.37. The number of hydroxylamine groups is 1. The highest BCUT2D eigenvalue weighted by atomic mass is 16.8. The van der Waals surface area contributed by atoms with Crippen LogP contribution in [0.2, 0.25) is 0 Å². The zero-order valence-corrected chi connectivity index (χ0v) is 22.0. The van der Waals surface area contributed by atoms with Crippen molar-refractivity contribution in [2.24, 2.45) is 5.92 Å². The fourth-order valence-corrected chi connectivity index (χ4v) is 5.63. The topological polar surface area (TPSA) is 100 Å². The van der Waals surface area contributed by atoms with Crippen molar-refractivity contribution in [3.63, 3.8) is 0 Å². The number of amides is 3. The lowest BCUT2D eigenvalue weighted by atomic mass is 9.96. The van der Waals surface area contributed by atoms with Crippen molar-refractivity contribution in [3.8, 4) is 0 Å². The number of hydrogen-bond donors (Lipinski definition) is 1. The van der Waals surface area contributed by atoms with Gasteiger partial charge in [-0.1, -0.05) is 36.4 Å². The Hall–Kier alpha value is -3.76. The maximum absolute atomic E-state index is 13.3. The van der Waals surface area contributed by atoms with Gasteiger partial charge in [0.15, 0.2) is 6.29 Å². The predicted molar refractivity (Wildman–Crippen MR) is 147 cm³/mol.